The molecule has 0 spiro atoms. The van der Waals surface area contributed by atoms with Crippen molar-refractivity contribution in [3.05, 3.63) is 35.3 Å². The van der Waals surface area contributed by atoms with Crippen LogP contribution in [-0.2, 0) is 11.3 Å². The van der Waals surface area contributed by atoms with Gasteiger partial charge in [-0.2, -0.15) is 0 Å². The van der Waals surface area contributed by atoms with Crippen LogP contribution in [0.15, 0.2) is 30.3 Å². The van der Waals surface area contributed by atoms with Crippen molar-refractivity contribution in [1.82, 2.24) is 20.8 Å². The lowest BCUT2D eigenvalue weighted by Crippen LogP contribution is -2.37. The Bertz CT molecular complexity index is 599. The summed E-state index contributed by atoms with van der Waals surface area (Å²) in [4.78, 5) is 12.1. The molecule has 1 aromatic carbocycles. The lowest BCUT2D eigenvalue weighted by atomic mass is 9.97. The number of amides is 1. The number of nitrogens with one attached hydrogen (secondary N) is 2. The molecule has 1 fully saturated rings. The Morgan fingerprint density at radius 1 is 1.23 bits per heavy atom. The van der Waals surface area contributed by atoms with Crippen LogP contribution in [0.3, 0.4) is 0 Å². The second kappa shape index (κ2) is 8.22. The van der Waals surface area contributed by atoms with Crippen LogP contribution in [0.5, 0.6) is 0 Å². The molecule has 0 atom stereocenters. The van der Waals surface area contributed by atoms with E-state index < -0.39 is 0 Å². The highest BCUT2D eigenvalue weighted by atomic mass is 35.5. The molecular weight excluding hydrogens is 320 g/mol. The van der Waals surface area contributed by atoms with Crippen molar-refractivity contribution in [3.8, 4) is 10.6 Å². The van der Waals surface area contributed by atoms with Gasteiger partial charge < -0.3 is 10.6 Å². The minimum absolute atomic E-state index is 0. The van der Waals surface area contributed by atoms with Crippen molar-refractivity contribution >= 4 is 29.7 Å². The van der Waals surface area contributed by atoms with Gasteiger partial charge in [0.15, 0.2) is 0 Å². The highest BCUT2D eigenvalue weighted by molar-refractivity contribution is 7.14. The number of carbonyl (C=O) groups is 1. The summed E-state index contributed by atoms with van der Waals surface area (Å²) in [5, 5.41) is 16.3. The Labute approximate surface area is 139 Å². The molecule has 0 bridgehead atoms. The van der Waals surface area contributed by atoms with Crippen molar-refractivity contribution < 1.29 is 4.79 Å². The van der Waals surface area contributed by atoms with Crippen molar-refractivity contribution in [2.75, 3.05) is 13.1 Å². The van der Waals surface area contributed by atoms with E-state index in [1.54, 1.807) is 0 Å². The summed E-state index contributed by atoms with van der Waals surface area (Å²) in [6.07, 6.45) is 1.83. The number of aromatic nitrogens is 2. The normalized spacial score (nSPS) is 15.1. The van der Waals surface area contributed by atoms with E-state index in [0.717, 1.165) is 41.5 Å². The van der Waals surface area contributed by atoms with Gasteiger partial charge in [-0.05, 0) is 25.9 Å². The van der Waals surface area contributed by atoms with Crippen LogP contribution in [0.4, 0.5) is 0 Å². The van der Waals surface area contributed by atoms with E-state index in [-0.39, 0.29) is 24.2 Å². The first kappa shape index (κ1) is 16.9. The van der Waals surface area contributed by atoms with E-state index in [1.807, 2.05) is 30.3 Å². The van der Waals surface area contributed by atoms with E-state index in [0.29, 0.717) is 6.54 Å². The summed E-state index contributed by atoms with van der Waals surface area (Å²) >= 11 is 1.53. The van der Waals surface area contributed by atoms with Crippen LogP contribution in [0, 0.1) is 5.92 Å². The zero-order chi connectivity index (χ0) is 14.5. The Hall–Kier alpha value is -1.50. The maximum absolute atomic E-state index is 12.1. The van der Waals surface area contributed by atoms with Crippen LogP contribution in [-0.4, -0.2) is 29.2 Å². The van der Waals surface area contributed by atoms with Gasteiger partial charge in [0.05, 0.1) is 6.54 Å². The third kappa shape index (κ3) is 4.25. The third-order valence-corrected chi connectivity index (χ3v) is 4.58. The number of hydrogen-bond donors (Lipinski definition) is 2. The smallest absolute Gasteiger partial charge is 0.223 e. The molecule has 0 aliphatic carbocycles. The van der Waals surface area contributed by atoms with Crippen molar-refractivity contribution in [1.29, 1.82) is 0 Å². The second-order valence-electron chi connectivity index (χ2n) is 5.11. The van der Waals surface area contributed by atoms with Crippen molar-refractivity contribution in [2.24, 2.45) is 5.92 Å². The molecule has 2 N–H and O–H groups in total. The fourth-order valence-corrected chi connectivity index (χ4v) is 3.20. The van der Waals surface area contributed by atoms with Gasteiger partial charge in [-0.25, -0.2) is 0 Å². The van der Waals surface area contributed by atoms with Gasteiger partial charge in [0.1, 0.15) is 10.0 Å². The predicted molar refractivity (Wildman–Crippen MR) is 90.0 cm³/mol. The number of benzene rings is 1. The average Bonchev–Trinajstić information content (AvgIpc) is 3.03. The minimum Gasteiger partial charge on any atom is -0.349 e. The molecule has 1 amide bonds. The molecule has 0 unspecified atom stereocenters. The quantitative estimate of drug-likeness (QED) is 0.897. The van der Waals surface area contributed by atoms with Gasteiger partial charge in [0.2, 0.25) is 5.91 Å². The number of piperidine rings is 1. The lowest BCUT2D eigenvalue weighted by molar-refractivity contribution is -0.125. The molecule has 1 aromatic heterocycles. The Kier molecular flexibility index (Phi) is 6.30. The summed E-state index contributed by atoms with van der Waals surface area (Å²) in [6, 6.07) is 9.96. The van der Waals surface area contributed by atoms with E-state index in [1.165, 1.54) is 11.3 Å². The number of hydrogen-bond acceptors (Lipinski definition) is 5. The van der Waals surface area contributed by atoms with Gasteiger partial charge in [-0.3, -0.25) is 4.79 Å². The summed E-state index contributed by atoms with van der Waals surface area (Å²) < 4.78 is 0. The fraction of sp³-hybridized carbons (Fsp3) is 0.400. The van der Waals surface area contributed by atoms with Gasteiger partial charge in [-0.1, -0.05) is 41.7 Å². The van der Waals surface area contributed by atoms with E-state index in [4.69, 9.17) is 0 Å². The van der Waals surface area contributed by atoms with Gasteiger partial charge in [0.25, 0.3) is 0 Å². The summed E-state index contributed by atoms with van der Waals surface area (Å²) in [6.45, 7) is 2.32. The maximum atomic E-state index is 12.1. The fourth-order valence-electron chi connectivity index (χ4n) is 2.41. The molecule has 2 aromatic rings. The summed E-state index contributed by atoms with van der Waals surface area (Å²) in [5.41, 5.74) is 1.06. The Morgan fingerprint density at radius 2 is 1.95 bits per heavy atom. The molecule has 0 saturated carbocycles. The first-order valence-corrected chi connectivity index (χ1v) is 8.01. The van der Waals surface area contributed by atoms with Crippen LogP contribution in [0.1, 0.15) is 17.8 Å². The molecular formula is C15H19ClN4OS. The largest absolute Gasteiger partial charge is 0.349 e. The molecule has 7 heteroatoms. The second-order valence-corrected chi connectivity index (χ2v) is 6.17. The SMILES string of the molecule is Cl.O=C(NCc1nnc(-c2ccccc2)s1)C1CCNCC1. The standard InChI is InChI=1S/C15H18N4OS.ClH/c20-14(11-6-8-16-9-7-11)17-10-13-18-19-15(21-13)12-4-2-1-3-5-12;/h1-5,11,16H,6-10H2,(H,17,20);1H. The van der Waals surface area contributed by atoms with Crippen LogP contribution in [0.25, 0.3) is 10.6 Å². The van der Waals surface area contributed by atoms with Gasteiger partial charge in [0, 0.05) is 11.5 Å². The molecule has 22 heavy (non-hydrogen) atoms. The molecule has 1 aliphatic heterocycles. The van der Waals surface area contributed by atoms with Crippen molar-refractivity contribution in [3.63, 3.8) is 0 Å². The van der Waals surface area contributed by atoms with E-state index in [2.05, 4.69) is 20.8 Å². The first-order valence-electron chi connectivity index (χ1n) is 7.19. The monoisotopic (exact) mass is 338 g/mol. The van der Waals surface area contributed by atoms with E-state index >= 15 is 0 Å². The zero-order valence-electron chi connectivity index (χ0n) is 12.1. The first-order chi connectivity index (χ1) is 10.3. The molecule has 1 saturated heterocycles. The zero-order valence-corrected chi connectivity index (χ0v) is 13.8. The lowest BCUT2D eigenvalue weighted by Gasteiger charge is -2.21. The molecule has 1 aliphatic rings. The number of nitrogens with zero attached hydrogens (tertiary/aromatic N) is 2. The van der Waals surface area contributed by atoms with Crippen LogP contribution in [0.2, 0.25) is 0 Å². The molecule has 3 rings (SSSR count). The number of halogens is 1. The average molecular weight is 339 g/mol. The maximum Gasteiger partial charge on any atom is 0.223 e. The van der Waals surface area contributed by atoms with Gasteiger partial charge in [-0.15, -0.1) is 22.6 Å². The molecule has 5 nitrogen and oxygen atoms in total. The van der Waals surface area contributed by atoms with Gasteiger partial charge >= 0.3 is 0 Å². The topological polar surface area (TPSA) is 66.9 Å². The summed E-state index contributed by atoms with van der Waals surface area (Å²) in [5.74, 6) is 0.265. The number of rotatable bonds is 4. The Balaban J connectivity index is 0.00000176. The van der Waals surface area contributed by atoms with Crippen LogP contribution >= 0.6 is 23.7 Å². The predicted octanol–water partition coefficient (Wildman–Crippen LogP) is 2.24. The molecule has 0 radical (unpaired) electrons. The highest BCUT2D eigenvalue weighted by Crippen LogP contribution is 2.23. The third-order valence-electron chi connectivity index (χ3n) is 3.61. The molecule has 118 valence electrons. The van der Waals surface area contributed by atoms with Crippen LogP contribution < -0.4 is 10.6 Å². The minimum atomic E-state index is 0. The molecule has 2 heterocycles. The number of carbonyl (C=O) groups excluding carboxylic acids is 1. The summed E-state index contributed by atoms with van der Waals surface area (Å²) in [7, 11) is 0. The Morgan fingerprint density at radius 3 is 2.68 bits per heavy atom. The highest BCUT2D eigenvalue weighted by Gasteiger charge is 2.20. The van der Waals surface area contributed by atoms with E-state index in [9.17, 15) is 4.79 Å². The van der Waals surface area contributed by atoms with Crippen molar-refractivity contribution in [2.45, 2.75) is 19.4 Å².